The van der Waals surface area contributed by atoms with Crippen molar-refractivity contribution in [3.63, 3.8) is 0 Å². The number of piperazine rings is 1. The summed E-state index contributed by atoms with van der Waals surface area (Å²) in [5.41, 5.74) is 0.970. The first-order valence-electron chi connectivity index (χ1n) is 8.18. The fraction of sp³-hybridized carbons (Fsp3) is 0.588. The number of likely N-dealkylation sites (tertiary alicyclic amines) is 1. The second-order valence-corrected chi connectivity index (χ2v) is 6.24. The van der Waals surface area contributed by atoms with Crippen molar-refractivity contribution in [1.82, 2.24) is 14.7 Å². The first kappa shape index (κ1) is 15.5. The maximum atomic E-state index is 12.0. The van der Waals surface area contributed by atoms with Crippen LogP contribution >= 0.6 is 0 Å². The summed E-state index contributed by atoms with van der Waals surface area (Å²) in [6, 6.07) is 9.80. The third kappa shape index (κ3) is 3.85. The summed E-state index contributed by atoms with van der Waals surface area (Å²) >= 11 is 0. The molecule has 0 aromatic heterocycles. The average molecular weight is 303 g/mol. The number of β-amino-alcohol motifs (C(OH)–C–C–N with tert-alkyl or cyclic N) is 1. The number of rotatable bonds is 5. The maximum absolute atomic E-state index is 12.0. The molecule has 0 saturated carbocycles. The smallest absolute Gasteiger partial charge is 0.236 e. The minimum atomic E-state index is -0.435. The molecule has 5 nitrogen and oxygen atoms in total. The zero-order chi connectivity index (χ0) is 15.4. The molecule has 0 unspecified atom stereocenters. The molecule has 1 atom stereocenters. The normalized spacial score (nSPS) is 21.4. The largest absolute Gasteiger partial charge is 0.387 e. The van der Waals surface area contributed by atoms with Crippen molar-refractivity contribution < 1.29 is 9.90 Å². The minimum absolute atomic E-state index is 0.268. The summed E-state index contributed by atoms with van der Waals surface area (Å²) in [7, 11) is 0. The Balaban J connectivity index is 1.40. The van der Waals surface area contributed by atoms with E-state index in [4.69, 9.17) is 0 Å². The van der Waals surface area contributed by atoms with Gasteiger partial charge in [0.1, 0.15) is 0 Å². The van der Waals surface area contributed by atoms with Gasteiger partial charge >= 0.3 is 0 Å². The summed E-state index contributed by atoms with van der Waals surface area (Å²) in [6.45, 7) is 6.72. The lowest BCUT2D eigenvalue weighted by Crippen LogP contribution is -2.52. The third-order valence-electron chi connectivity index (χ3n) is 4.65. The fourth-order valence-corrected chi connectivity index (χ4v) is 3.01. The van der Waals surface area contributed by atoms with Crippen LogP contribution in [0.4, 0.5) is 0 Å². The first-order chi connectivity index (χ1) is 10.7. The summed E-state index contributed by atoms with van der Waals surface area (Å²) in [4.78, 5) is 18.4. The molecule has 0 aliphatic carbocycles. The van der Waals surface area contributed by atoms with Crippen molar-refractivity contribution in [3.05, 3.63) is 35.9 Å². The molecule has 0 spiro atoms. The minimum Gasteiger partial charge on any atom is -0.387 e. The zero-order valence-electron chi connectivity index (χ0n) is 13.0. The molecule has 0 radical (unpaired) electrons. The van der Waals surface area contributed by atoms with E-state index in [-0.39, 0.29) is 5.91 Å². The Hall–Kier alpha value is -1.43. The number of carbonyl (C=O) groups excluding carboxylic acids is 1. The van der Waals surface area contributed by atoms with E-state index < -0.39 is 6.10 Å². The summed E-state index contributed by atoms with van der Waals surface area (Å²) in [5.74, 6) is 0.268. The van der Waals surface area contributed by atoms with E-state index in [9.17, 15) is 9.90 Å². The lowest BCUT2D eigenvalue weighted by Gasteiger charge is -2.37. The lowest BCUT2D eigenvalue weighted by molar-refractivity contribution is -0.136. The number of benzene rings is 1. The number of hydrogen-bond donors (Lipinski definition) is 1. The van der Waals surface area contributed by atoms with Gasteiger partial charge < -0.3 is 10.0 Å². The van der Waals surface area contributed by atoms with Crippen molar-refractivity contribution in [2.45, 2.75) is 12.5 Å². The van der Waals surface area contributed by atoms with Gasteiger partial charge in [-0.3, -0.25) is 14.6 Å². The van der Waals surface area contributed by atoms with Gasteiger partial charge in [-0.2, -0.15) is 0 Å². The number of hydrogen-bond acceptors (Lipinski definition) is 4. The van der Waals surface area contributed by atoms with Gasteiger partial charge in [-0.05, 0) is 12.0 Å². The summed E-state index contributed by atoms with van der Waals surface area (Å²) in [5, 5.41) is 10.3. The molecule has 2 saturated heterocycles. The first-order valence-corrected chi connectivity index (χ1v) is 8.18. The Kier molecular flexibility index (Phi) is 5.08. The Morgan fingerprint density at radius 3 is 2.23 bits per heavy atom. The van der Waals surface area contributed by atoms with Crippen LogP contribution < -0.4 is 0 Å². The number of nitrogens with zero attached hydrogens (tertiary/aromatic N) is 3. The molecule has 1 aromatic rings. The lowest BCUT2D eigenvalue weighted by atomic mass is 10.1. The van der Waals surface area contributed by atoms with E-state index in [0.717, 1.165) is 51.3 Å². The van der Waals surface area contributed by atoms with Gasteiger partial charge in [0.25, 0.3) is 0 Å². The zero-order valence-corrected chi connectivity index (χ0v) is 13.0. The van der Waals surface area contributed by atoms with Gasteiger partial charge in [0.05, 0.1) is 12.6 Å². The van der Waals surface area contributed by atoms with Crippen LogP contribution in [0.15, 0.2) is 30.3 Å². The van der Waals surface area contributed by atoms with Crippen molar-refractivity contribution in [2.24, 2.45) is 0 Å². The van der Waals surface area contributed by atoms with Crippen molar-refractivity contribution in [2.75, 3.05) is 52.4 Å². The number of amides is 1. The molecule has 1 N–H and O–H groups in total. The molecular weight excluding hydrogens is 278 g/mol. The number of carbonyl (C=O) groups is 1. The van der Waals surface area contributed by atoms with Gasteiger partial charge in [0.2, 0.25) is 5.91 Å². The Bertz CT molecular complexity index is 482. The van der Waals surface area contributed by atoms with Gasteiger partial charge in [-0.25, -0.2) is 0 Å². The average Bonchev–Trinajstić information content (AvgIpc) is 2.48. The van der Waals surface area contributed by atoms with Gasteiger partial charge in [-0.1, -0.05) is 30.3 Å². The van der Waals surface area contributed by atoms with E-state index in [1.807, 2.05) is 35.2 Å². The molecule has 2 aliphatic heterocycles. The molecule has 2 fully saturated rings. The van der Waals surface area contributed by atoms with Crippen molar-refractivity contribution in [3.8, 4) is 0 Å². The second kappa shape index (κ2) is 7.22. The van der Waals surface area contributed by atoms with Gasteiger partial charge in [-0.15, -0.1) is 0 Å². The van der Waals surface area contributed by atoms with Crippen LogP contribution in [0.1, 0.15) is 18.1 Å². The Morgan fingerprint density at radius 2 is 1.64 bits per heavy atom. The van der Waals surface area contributed by atoms with Gasteiger partial charge in [0, 0.05) is 45.8 Å². The summed E-state index contributed by atoms with van der Waals surface area (Å²) < 4.78 is 0. The van der Waals surface area contributed by atoms with Crippen LogP contribution in [0.5, 0.6) is 0 Å². The standard InChI is InChI=1S/C17H25N3O2/c21-16(15-5-2-1-3-6-15)13-18-9-11-19(12-10-18)14-17(22)20-7-4-8-20/h1-3,5-6,16,21H,4,7-14H2/t16-/m1/s1. The molecule has 120 valence electrons. The van der Waals surface area contributed by atoms with E-state index >= 15 is 0 Å². The molecule has 22 heavy (non-hydrogen) atoms. The topological polar surface area (TPSA) is 47.0 Å². The quantitative estimate of drug-likeness (QED) is 0.864. The highest BCUT2D eigenvalue weighted by atomic mass is 16.3. The molecule has 3 rings (SSSR count). The third-order valence-corrected chi connectivity index (χ3v) is 4.65. The second-order valence-electron chi connectivity index (χ2n) is 6.24. The predicted molar refractivity (Wildman–Crippen MR) is 85.5 cm³/mol. The van der Waals surface area contributed by atoms with E-state index in [2.05, 4.69) is 9.80 Å². The van der Waals surface area contributed by atoms with Crippen LogP contribution in [0.3, 0.4) is 0 Å². The van der Waals surface area contributed by atoms with Crippen molar-refractivity contribution >= 4 is 5.91 Å². The van der Waals surface area contributed by atoms with Crippen LogP contribution in [-0.4, -0.2) is 78.1 Å². The number of aliphatic hydroxyl groups excluding tert-OH is 1. The molecule has 1 amide bonds. The fourth-order valence-electron chi connectivity index (χ4n) is 3.01. The van der Waals surface area contributed by atoms with Crippen LogP contribution in [0, 0.1) is 0 Å². The van der Waals surface area contributed by atoms with Gasteiger partial charge in [0.15, 0.2) is 0 Å². The van der Waals surface area contributed by atoms with Crippen LogP contribution in [0.2, 0.25) is 0 Å². The molecule has 0 bridgehead atoms. The highest BCUT2D eigenvalue weighted by Crippen LogP contribution is 2.15. The molecule has 5 heteroatoms. The van der Waals surface area contributed by atoms with Crippen LogP contribution in [0.25, 0.3) is 0 Å². The number of aliphatic hydroxyl groups is 1. The predicted octanol–water partition coefficient (Wildman–Crippen LogP) is 0.570. The molecular formula is C17H25N3O2. The highest BCUT2D eigenvalue weighted by Gasteiger charge is 2.25. The molecule has 2 aliphatic rings. The Labute approximate surface area is 132 Å². The van der Waals surface area contributed by atoms with E-state index in [0.29, 0.717) is 13.1 Å². The SMILES string of the molecule is O=C(CN1CCN(C[C@@H](O)c2ccccc2)CC1)N1CCC1. The van der Waals surface area contributed by atoms with E-state index in [1.54, 1.807) is 0 Å². The molecule has 1 aromatic carbocycles. The summed E-state index contributed by atoms with van der Waals surface area (Å²) in [6.07, 6.45) is 0.715. The monoisotopic (exact) mass is 303 g/mol. The Morgan fingerprint density at radius 1 is 1.00 bits per heavy atom. The maximum Gasteiger partial charge on any atom is 0.236 e. The highest BCUT2D eigenvalue weighted by molar-refractivity contribution is 5.78. The molecule has 2 heterocycles. The van der Waals surface area contributed by atoms with E-state index in [1.165, 1.54) is 0 Å². The van der Waals surface area contributed by atoms with Crippen molar-refractivity contribution in [1.29, 1.82) is 0 Å². The van der Waals surface area contributed by atoms with Crippen LogP contribution in [-0.2, 0) is 4.79 Å².